The van der Waals surface area contributed by atoms with Crippen LogP contribution in [0.1, 0.15) is 12.2 Å². The Labute approximate surface area is 116 Å². The van der Waals surface area contributed by atoms with Crippen molar-refractivity contribution in [3.05, 3.63) is 40.4 Å². The zero-order valence-electron chi connectivity index (χ0n) is 10.5. The lowest BCUT2D eigenvalue weighted by atomic mass is 10.1. The summed E-state index contributed by atoms with van der Waals surface area (Å²) >= 11 is 5.94. The molecule has 0 N–H and O–H groups in total. The molecule has 1 fully saturated rings. The van der Waals surface area contributed by atoms with Crippen LogP contribution in [0.4, 0.5) is 0 Å². The minimum Gasteiger partial charge on any atom is -0.381 e. The molecule has 1 aromatic carbocycles. The first kappa shape index (κ1) is 12.6. The fourth-order valence-electron chi connectivity index (χ4n) is 2.49. The highest BCUT2D eigenvalue weighted by Gasteiger charge is 2.19. The minimum absolute atomic E-state index is 0.00634. The molecule has 1 unspecified atom stereocenters. The van der Waals surface area contributed by atoms with Crippen LogP contribution in [0.5, 0.6) is 0 Å². The van der Waals surface area contributed by atoms with Gasteiger partial charge in [0.2, 0.25) is 0 Å². The molecule has 1 aliphatic rings. The van der Waals surface area contributed by atoms with Crippen molar-refractivity contribution in [3.8, 4) is 0 Å². The maximum atomic E-state index is 12.5. The van der Waals surface area contributed by atoms with E-state index in [9.17, 15) is 4.79 Å². The van der Waals surface area contributed by atoms with Crippen LogP contribution >= 0.6 is 11.6 Å². The molecular weight excluding hydrogens is 264 g/mol. The molecule has 3 rings (SSSR count). The van der Waals surface area contributed by atoms with Crippen LogP contribution in [-0.4, -0.2) is 22.8 Å². The van der Waals surface area contributed by atoms with Crippen molar-refractivity contribution >= 4 is 22.5 Å². The van der Waals surface area contributed by atoms with E-state index in [-0.39, 0.29) is 11.4 Å². The van der Waals surface area contributed by atoms with Crippen molar-refractivity contribution in [1.29, 1.82) is 0 Å². The molecule has 5 heteroatoms. The van der Waals surface area contributed by atoms with Gasteiger partial charge in [0.05, 0.1) is 23.4 Å². The second-order valence-electron chi connectivity index (χ2n) is 4.82. The number of para-hydroxylation sites is 1. The zero-order valence-corrected chi connectivity index (χ0v) is 11.3. The Bertz CT molecular complexity index is 647. The molecule has 1 atom stereocenters. The first-order chi connectivity index (χ1) is 9.29. The first-order valence-corrected chi connectivity index (χ1v) is 6.95. The summed E-state index contributed by atoms with van der Waals surface area (Å²) in [5.74, 6) is 1.26. The van der Waals surface area contributed by atoms with Crippen LogP contribution in [0.25, 0.3) is 10.9 Å². The van der Waals surface area contributed by atoms with E-state index in [1.165, 1.54) is 0 Å². The molecule has 2 aromatic rings. The summed E-state index contributed by atoms with van der Waals surface area (Å²) in [6, 6.07) is 7.39. The van der Waals surface area contributed by atoms with Gasteiger partial charge in [-0.05, 0) is 18.6 Å². The number of halogens is 1. The molecule has 0 amide bonds. The molecule has 0 radical (unpaired) electrons. The van der Waals surface area contributed by atoms with Gasteiger partial charge in [0, 0.05) is 19.1 Å². The highest BCUT2D eigenvalue weighted by molar-refractivity contribution is 6.16. The number of aromatic nitrogens is 2. The van der Waals surface area contributed by atoms with Gasteiger partial charge in [-0.15, -0.1) is 11.6 Å². The average molecular weight is 279 g/mol. The van der Waals surface area contributed by atoms with Gasteiger partial charge in [-0.3, -0.25) is 9.36 Å². The maximum absolute atomic E-state index is 12.5. The maximum Gasteiger partial charge on any atom is 0.261 e. The van der Waals surface area contributed by atoms with Gasteiger partial charge < -0.3 is 4.74 Å². The van der Waals surface area contributed by atoms with Crippen molar-refractivity contribution in [2.45, 2.75) is 18.8 Å². The zero-order chi connectivity index (χ0) is 13.2. The summed E-state index contributed by atoms with van der Waals surface area (Å²) in [7, 11) is 0. The molecule has 0 aliphatic carbocycles. The quantitative estimate of drug-likeness (QED) is 0.808. The summed E-state index contributed by atoms with van der Waals surface area (Å²) in [4.78, 5) is 17.0. The van der Waals surface area contributed by atoms with Crippen molar-refractivity contribution in [2.75, 3.05) is 13.2 Å². The van der Waals surface area contributed by atoms with Crippen LogP contribution in [0.15, 0.2) is 29.1 Å². The van der Waals surface area contributed by atoms with Gasteiger partial charge in [0.25, 0.3) is 5.56 Å². The summed E-state index contributed by atoms with van der Waals surface area (Å²) in [6.45, 7) is 2.12. The van der Waals surface area contributed by atoms with Gasteiger partial charge in [-0.1, -0.05) is 12.1 Å². The fraction of sp³-hybridized carbons (Fsp3) is 0.429. The number of hydrogen-bond donors (Lipinski definition) is 0. The number of fused-ring (bicyclic) bond motifs is 1. The monoisotopic (exact) mass is 278 g/mol. The number of alkyl halides is 1. The van der Waals surface area contributed by atoms with Crippen LogP contribution < -0.4 is 5.56 Å². The lowest BCUT2D eigenvalue weighted by molar-refractivity contribution is 0.182. The smallest absolute Gasteiger partial charge is 0.261 e. The Balaban J connectivity index is 2.10. The normalized spacial score (nSPS) is 19.1. The lowest BCUT2D eigenvalue weighted by Gasteiger charge is -2.14. The lowest BCUT2D eigenvalue weighted by Crippen LogP contribution is -2.28. The van der Waals surface area contributed by atoms with Crippen LogP contribution in [0.2, 0.25) is 0 Å². The third kappa shape index (κ3) is 2.38. The Kier molecular flexibility index (Phi) is 3.53. The van der Waals surface area contributed by atoms with Crippen molar-refractivity contribution < 1.29 is 4.74 Å². The number of rotatable bonds is 3. The van der Waals surface area contributed by atoms with Gasteiger partial charge in [-0.25, -0.2) is 4.98 Å². The first-order valence-electron chi connectivity index (χ1n) is 6.42. The largest absolute Gasteiger partial charge is 0.381 e. The van der Waals surface area contributed by atoms with E-state index in [0.717, 1.165) is 13.0 Å². The Morgan fingerprint density at radius 3 is 3.00 bits per heavy atom. The standard InChI is InChI=1S/C14H15ClN2O2/c15-7-13-16-12-4-2-1-3-11(12)14(18)17(13)8-10-5-6-19-9-10/h1-4,10H,5-9H2. The summed E-state index contributed by atoms with van der Waals surface area (Å²) in [5.41, 5.74) is 0.704. The predicted octanol–water partition coefficient (Wildman–Crippen LogP) is 2.17. The number of nitrogens with zero attached hydrogens (tertiary/aromatic N) is 2. The third-order valence-electron chi connectivity index (χ3n) is 3.52. The predicted molar refractivity (Wildman–Crippen MR) is 74.5 cm³/mol. The molecule has 0 spiro atoms. The van der Waals surface area contributed by atoms with Gasteiger partial charge in [0.1, 0.15) is 5.82 Å². The molecule has 1 aliphatic heterocycles. The van der Waals surface area contributed by atoms with E-state index in [2.05, 4.69) is 4.98 Å². The number of benzene rings is 1. The van der Waals surface area contributed by atoms with Gasteiger partial charge in [-0.2, -0.15) is 0 Å². The Hall–Kier alpha value is -1.39. The highest BCUT2D eigenvalue weighted by atomic mass is 35.5. The Morgan fingerprint density at radius 2 is 2.26 bits per heavy atom. The summed E-state index contributed by atoms with van der Waals surface area (Å²) < 4.78 is 7.06. The third-order valence-corrected chi connectivity index (χ3v) is 3.76. The molecule has 1 saturated heterocycles. The van der Waals surface area contributed by atoms with Crippen LogP contribution in [0.3, 0.4) is 0 Å². The fourth-order valence-corrected chi connectivity index (χ4v) is 2.69. The molecule has 1 aromatic heterocycles. The van der Waals surface area contributed by atoms with E-state index >= 15 is 0 Å². The van der Waals surface area contributed by atoms with Crippen LogP contribution in [0, 0.1) is 5.92 Å². The number of hydrogen-bond acceptors (Lipinski definition) is 3. The van der Waals surface area contributed by atoms with Crippen LogP contribution in [-0.2, 0) is 17.2 Å². The van der Waals surface area contributed by atoms with E-state index in [1.807, 2.05) is 24.3 Å². The average Bonchev–Trinajstić information content (AvgIpc) is 2.95. The second kappa shape index (κ2) is 5.31. The SMILES string of the molecule is O=c1c2ccccc2nc(CCl)n1CC1CCOC1. The summed E-state index contributed by atoms with van der Waals surface area (Å²) in [5, 5.41) is 0.648. The van der Waals surface area contributed by atoms with Crippen molar-refractivity contribution in [3.63, 3.8) is 0 Å². The topological polar surface area (TPSA) is 44.1 Å². The highest BCUT2D eigenvalue weighted by Crippen LogP contribution is 2.16. The van der Waals surface area contributed by atoms with Gasteiger partial charge >= 0.3 is 0 Å². The molecule has 0 saturated carbocycles. The van der Waals surface area contributed by atoms with E-state index in [4.69, 9.17) is 16.3 Å². The Morgan fingerprint density at radius 1 is 1.42 bits per heavy atom. The van der Waals surface area contributed by atoms with E-state index in [0.29, 0.717) is 35.8 Å². The molecule has 0 bridgehead atoms. The van der Waals surface area contributed by atoms with Gasteiger partial charge in [0.15, 0.2) is 0 Å². The molecule has 4 nitrogen and oxygen atoms in total. The van der Waals surface area contributed by atoms with Crippen molar-refractivity contribution in [2.24, 2.45) is 5.92 Å². The van der Waals surface area contributed by atoms with E-state index in [1.54, 1.807) is 4.57 Å². The second-order valence-corrected chi connectivity index (χ2v) is 5.09. The van der Waals surface area contributed by atoms with Crippen molar-refractivity contribution in [1.82, 2.24) is 9.55 Å². The minimum atomic E-state index is -0.00634. The number of ether oxygens (including phenoxy) is 1. The molecule has 100 valence electrons. The molecular formula is C14H15ClN2O2. The molecule has 2 heterocycles. The summed E-state index contributed by atoms with van der Waals surface area (Å²) in [6.07, 6.45) is 0.987. The van der Waals surface area contributed by atoms with E-state index < -0.39 is 0 Å². The molecule has 19 heavy (non-hydrogen) atoms.